The van der Waals surface area contributed by atoms with Crippen molar-refractivity contribution in [3.05, 3.63) is 76.0 Å². The van der Waals surface area contributed by atoms with Gasteiger partial charge < -0.3 is 10.2 Å². The van der Waals surface area contributed by atoms with Crippen molar-refractivity contribution in [2.45, 2.75) is 69.0 Å². The number of fused-ring (bicyclic) bond motifs is 2. The Morgan fingerprint density at radius 3 is 2.25 bits per heavy atom. The number of piperidine rings is 1. The minimum Gasteiger partial charge on any atom is -0.358 e. The Hall–Kier alpha value is -1.69. The number of aryl methyl sites for hydroxylation is 1. The third kappa shape index (κ3) is 4.79. The standard InChI is InChI=1S/C28H33ClF2N2S.C2H6/c1-19-27(22-18-21(29)7-8-25(22)32-19)11-14-33(15-12-27)13-4-6-20-16-23(30)26(24(31)17-20)28(34(2)3)9-5-10-28;1-2/h7-8,16-18,32H,1-2,4-6,9-15H2,3H3;1-2H3. The third-order valence-electron chi connectivity index (χ3n) is 8.40. The maximum Gasteiger partial charge on any atom is 0.130 e. The number of benzene rings is 2. The molecule has 2 fully saturated rings. The maximum atomic E-state index is 15.0. The normalized spacial score (nSPS) is 20.7. The maximum absolute atomic E-state index is 15.0. The fourth-order valence-electron chi connectivity index (χ4n) is 6.18. The number of likely N-dealkylation sites (tertiary alicyclic amines) is 1. The first-order chi connectivity index (χ1) is 17.2. The Morgan fingerprint density at radius 2 is 1.69 bits per heavy atom. The summed E-state index contributed by atoms with van der Waals surface area (Å²) in [6, 6.07) is 9.16. The Kier molecular flexibility index (Phi) is 8.33. The number of halogens is 3. The molecule has 0 aromatic heterocycles. The number of rotatable bonds is 6. The molecular formula is C30H39ClF2N2S. The molecule has 2 nitrogen and oxygen atoms in total. The number of hydrogen-bond acceptors (Lipinski definition) is 2. The molecule has 3 aliphatic rings. The lowest BCUT2D eigenvalue weighted by molar-refractivity contribution is 0.179. The van der Waals surface area contributed by atoms with Crippen LogP contribution in [0.25, 0.3) is 0 Å². The zero-order valence-corrected chi connectivity index (χ0v) is 23.4. The molecule has 2 heterocycles. The minimum absolute atomic E-state index is 0.0533. The van der Waals surface area contributed by atoms with Gasteiger partial charge in [-0.15, -0.1) is 0 Å². The summed E-state index contributed by atoms with van der Waals surface area (Å²) in [4.78, 5) is 2.46. The molecule has 196 valence electrons. The van der Waals surface area contributed by atoms with E-state index in [1.165, 1.54) is 5.56 Å². The molecule has 1 aliphatic carbocycles. The molecule has 0 bridgehead atoms. The molecule has 0 amide bonds. The van der Waals surface area contributed by atoms with Crippen LogP contribution in [0, 0.1) is 11.6 Å². The smallest absolute Gasteiger partial charge is 0.130 e. The van der Waals surface area contributed by atoms with Crippen LogP contribution in [0.15, 0.2) is 42.6 Å². The van der Waals surface area contributed by atoms with E-state index in [1.54, 1.807) is 12.1 Å². The third-order valence-corrected chi connectivity index (χ3v) is 10.6. The van der Waals surface area contributed by atoms with E-state index in [2.05, 4.69) is 28.7 Å². The van der Waals surface area contributed by atoms with E-state index in [0.29, 0.717) is 6.42 Å². The number of anilines is 1. The summed E-state index contributed by atoms with van der Waals surface area (Å²) in [5, 5.41) is 4.22. The van der Waals surface area contributed by atoms with Crippen molar-refractivity contribution in [3.63, 3.8) is 0 Å². The molecule has 1 saturated heterocycles. The van der Waals surface area contributed by atoms with Crippen molar-refractivity contribution in [1.29, 1.82) is 0 Å². The zero-order chi connectivity index (χ0) is 26.1. The predicted octanol–water partition coefficient (Wildman–Crippen LogP) is 8.26. The largest absolute Gasteiger partial charge is 0.358 e. The first kappa shape index (κ1) is 27.3. The highest BCUT2D eigenvalue weighted by Gasteiger charge is 2.45. The van der Waals surface area contributed by atoms with Gasteiger partial charge >= 0.3 is 0 Å². The van der Waals surface area contributed by atoms with Gasteiger partial charge in [0.25, 0.3) is 0 Å². The van der Waals surface area contributed by atoms with Crippen molar-refractivity contribution in [3.8, 4) is 0 Å². The van der Waals surface area contributed by atoms with Crippen molar-refractivity contribution in [2.24, 2.45) is 0 Å². The molecular weight excluding hydrogens is 494 g/mol. The molecule has 1 spiro atoms. The Bertz CT molecular complexity index is 1130. The van der Waals surface area contributed by atoms with Crippen LogP contribution in [0.4, 0.5) is 14.5 Å². The molecule has 2 aromatic rings. The van der Waals surface area contributed by atoms with Gasteiger partial charge in [-0.25, -0.2) is 8.78 Å². The quantitative estimate of drug-likeness (QED) is 0.377. The van der Waals surface area contributed by atoms with Crippen LogP contribution in [-0.2, 0) is 16.6 Å². The van der Waals surface area contributed by atoms with E-state index in [4.69, 9.17) is 11.6 Å². The predicted molar refractivity (Wildman–Crippen MR) is 154 cm³/mol. The fourth-order valence-corrected chi connectivity index (χ4v) is 7.88. The minimum atomic E-state index is -0.404. The molecule has 1 unspecified atom stereocenters. The highest BCUT2D eigenvalue weighted by Crippen LogP contribution is 2.55. The summed E-state index contributed by atoms with van der Waals surface area (Å²) in [5.74, 6) is 3.36. The van der Waals surface area contributed by atoms with Gasteiger partial charge in [0.15, 0.2) is 0 Å². The first-order valence-electron chi connectivity index (χ1n) is 13.2. The summed E-state index contributed by atoms with van der Waals surface area (Å²) in [6.45, 7) is 11.2. The summed E-state index contributed by atoms with van der Waals surface area (Å²) >= 11 is 6.29. The molecule has 2 aromatic carbocycles. The SMILES string of the molecule is C=C1Nc2ccc(Cl)cc2C12CCN(CCCc1cc(F)c(C3(S(=C)C)CCC3)c(F)c1)CC2.CC. The molecule has 2 aliphatic heterocycles. The van der Waals surface area contributed by atoms with Crippen LogP contribution in [0.5, 0.6) is 0 Å². The van der Waals surface area contributed by atoms with Crippen molar-refractivity contribution in [1.82, 2.24) is 4.90 Å². The van der Waals surface area contributed by atoms with Gasteiger partial charge in [0.2, 0.25) is 0 Å². The van der Waals surface area contributed by atoms with E-state index in [0.717, 1.165) is 80.1 Å². The van der Waals surface area contributed by atoms with Crippen LogP contribution in [0.2, 0.25) is 5.02 Å². The first-order valence-corrected chi connectivity index (χ1v) is 15.4. The molecule has 1 N–H and O–H groups in total. The van der Waals surface area contributed by atoms with Crippen LogP contribution < -0.4 is 5.32 Å². The second-order valence-electron chi connectivity index (χ2n) is 10.2. The monoisotopic (exact) mass is 532 g/mol. The van der Waals surface area contributed by atoms with Gasteiger partial charge in [0.1, 0.15) is 11.6 Å². The van der Waals surface area contributed by atoms with Crippen molar-refractivity contribution >= 4 is 33.6 Å². The van der Waals surface area contributed by atoms with Gasteiger partial charge in [-0.3, -0.25) is 0 Å². The zero-order valence-electron chi connectivity index (χ0n) is 21.9. The highest BCUT2D eigenvalue weighted by molar-refractivity contribution is 8.14. The van der Waals surface area contributed by atoms with Gasteiger partial charge in [0, 0.05) is 32.1 Å². The molecule has 1 atom stereocenters. The van der Waals surface area contributed by atoms with Crippen LogP contribution in [-0.4, -0.2) is 36.7 Å². The summed E-state index contributed by atoms with van der Waals surface area (Å²) in [6.07, 6.45) is 8.23. The lowest BCUT2D eigenvalue weighted by Crippen LogP contribution is -2.43. The molecule has 5 rings (SSSR count). The van der Waals surface area contributed by atoms with E-state index in [-0.39, 0.29) is 33.1 Å². The second-order valence-corrected chi connectivity index (χ2v) is 12.7. The van der Waals surface area contributed by atoms with Crippen LogP contribution >= 0.6 is 22.1 Å². The molecule has 36 heavy (non-hydrogen) atoms. The van der Waals surface area contributed by atoms with Crippen molar-refractivity contribution in [2.75, 3.05) is 31.2 Å². The Morgan fingerprint density at radius 1 is 1.06 bits per heavy atom. The Balaban J connectivity index is 0.00000148. The lowest BCUT2D eigenvalue weighted by atomic mass is 9.72. The average Bonchev–Trinajstić information content (AvgIpc) is 3.08. The summed E-state index contributed by atoms with van der Waals surface area (Å²) in [5.41, 5.74) is 4.42. The van der Waals surface area contributed by atoms with E-state index < -0.39 is 4.75 Å². The van der Waals surface area contributed by atoms with Crippen LogP contribution in [0.3, 0.4) is 0 Å². The Labute approximate surface area is 223 Å². The lowest BCUT2D eigenvalue weighted by Gasteiger charge is -2.44. The fraction of sp³-hybridized carbons (Fsp3) is 0.500. The topological polar surface area (TPSA) is 15.3 Å². The van der Waals surface area contributed by atoms with E-state index >= 15 is 8.78 Å². The summed E-state index contributed by atoms with van der Waals surface area (Å²) in [7, 11) is -0.295. The van der Waals surface area contributed by atoms with Gasteiger partial charge in [-0.05, 0) is 106 Å². The summed E-state index contributed by atoms with van der Waals surface area (Å²) < 4.78 is 29.7. The van der Waals surface area contributed by atoms with Crippen molar-refractivity contribution < 1.29 is 8.78 Å². The van der Waals surface area contributed by atoms with Gasteiger partial charge in [-0.1, -0.05) is 44.3 Å². The van der Waals surface area contributed by atoms with Gasteiger partial charge in [-0.2, -0.15) is 10.5 Å². The average molecular weight is 533 g/mol. The highest BCUT2D eigenvalue weighted by atomic mass is 35.5. The molecule has 0 radical (unpaired) electrons. The number of allylic oxidation sites excluding steroid dienone is 1. The molecule has 1 saturated carbocycles. The number of nitrogens with one attached hydrogen (secondary N) is 1. The second kappa shape index (κ2) is 11.0. The van der Waals surface area contributed by atoms with Gasteiger partial charge in [0.05, 0.1) is 0 Å². The van der Waals surface area contributed by atoms with E-state index in [9.17, 15) is 0 Å². The molecule has 6 heteroatoms. The number of nitrogens with zero attached hydrogens (tertiary/aromatic N) is 1. The number of hydrogen-bond donors (Lipinski definition) is 1. The van der Waals surface area contributed by atoms with Crippen LogP contribution in [0.1, 0.15) is 69.1 Å². The van der Waals surface area contributed by atoms with E-state index in [1.807, 2.05) is 32.2 Å².